The van der Waals surface area contributed by atoms with E-state index in [1.165, 1.54) is 0 Å². The summed E-state index contributed by atoms with van der Waals surface area (Å²) in [5.41, 5.74) is 0.777. The van der Waals surface area contributed by atoms with Crippen molar-refractivity contribution in [1.82, 2.24) is 0 Å². The lowest BCUT2D eigenvalue weighted by molar-refractivity contribution is 0.415. The lowest BCUT2D eigenvalue weighted by Gasteiger charge is -2.04. The predicted octanol–water partition coefficient (Wildman–Crippen LogP) is 1.92. The molecule has 70 valence electrons. The number of hydrogen-bond acceptors (Lipinski definition) is 2. The normalized spacial score (nSPS) is 11.8. The van der Waals surface area contributed by atoms with E-state index in [0.717, 1.165) is 37.6 Å². The Morgan fingerprint density at radius 1 is 1.25 bits per heavy atom. The van der Waals surface area contributed by atoms with Crippen LogP contribution in [0.5, 0.6) is 0 Å². The molecule has 0 aromatic carbocycles. The van der Waals surface area contributed by atoms with Crippen molar-refractivity contribution >= 4 is 7.12 Å². The van der Waals surface area contributed by atoms with Crippen LogP contribution in [0.15, 0.2) is 11.5 Å². The molecular weight excluding hydrogens is 151 g/mol. The van der Waals surface area contributed by atoms with Crippen molar-refractivity contribution in [3.63, 3.8) is 0 Å². The molecule has 0 fully saturated rings. The van der Waals surface area contributed by atoms with Gasteiger partial charge in [-0.25, -0.2) is 0 Å². The maximum Gasteiger partial charge on any atom is 0.483 e. The van der Waals surface area contributed by atoms with Gasteiger partial charge in [0, 0.05) is 0 Å². The highest BCUT2D eigenvalue weighted by molar-refractivity contribution is 6.50. The van der Waals surface area contributed by atoms with Crippen molar-refractivity contribution in [1.29, 1.82) is 0 Å². The Morgan fingerprint density at radius 2 is 1.92 bits per heavy atom. The predicted molar refractivity (Wildman–Crippen MR) is 52.7 cm³/mol. The van der Waals surface area contributed by atoms with Gasteiger partial charge in [-0.05, 0) is 18.3 Å². The minimum absolute atomic E-state index is 0.777. The van der Waals surface area contributed by atoms with E-state index in [1.54, 1.807) is 0 Å². The SMILES string of the molecule is CCC/C=C(\CCCC)B(O)O. The molecule has 0 rings (SSSR count). The molecule has 0 aromatic rings. The zero-order valence-corrected chi connectivity index (χ0v) is 8.08. The van der Waals surface area contributed by atoms with Crippen molar-refractivity contribution < 1.29 is 10.0 Å². The third-order valence-electron chi connectivity index (χ3n) is 1.85. The highest BCUT2D eigenvalue weighted by Crippen LogP contribution is 2.09. The summed E-state index contributed by atoms with van der Waals surface area (Å²) in [6.45, 7) is 4.18. The quantitative estimate of drug-likeness (QED) is 0.597. The Labute approximate surface area is 75.5 Å². The molecule has 2 N–H and O–H groups in total. The highest BCUT2D eigenvalue weighted by Gasteiger charge is 2.12. The summed E-state index contributed by atoms with van der Waals surface area (Å²) < 4.78 is 0. The monoisotopic (exact) mass is 170 g/mol. The van der Waals surface area contributed by atoms with Crippen LogP contribution >= 0.6 is 0 Å². The Kier molecular flexibility index (Phi) is 7.21. The third-order valence-corrected chi connectivity index (χ3v) is 1.85. The first-order chi connectivity index (χ1) is 5.72. The molecule has 0 aromatic heterocycles. The van der Waals surface area contributed by atoms with Gasteiger partial charge in [0.25, 0.3) is 0 Å². The van der Waals surface area contributed by atoms with E-state index >= 15 is 0 Å². The van der Waals surface area contributed by atoms with E-state index in [2.05, 4.69) is 13.8 Å². The molecule has 0 atom stereocenters. The number of unbranched alkanes of at least 4 members (excludes halogenated alkanes) is 2. The second kappa shape index (κ2) is 7.38. The maximum absolute atomic E-state index is 8.95. The van der Waals surface area contributed by atoms with Gasteiger partial charge in [0.1, 0.15) is 0 Å². The van der Waals surface area contributed by atoms with Crippen LogP contribution in [0.2, 0.25) is 0 Å². The molecule has 12 heavy (non-hydrogen) atoms. The van der Waals surface area contributed by atoms with E-state index in [-0.39, 0.29) is 0 Å². The molecular formula is C9H19BO2. The first-order valence-electron chi connectivity index (χ1n) is 4.77. The molecule has 3 heteroatoms. The van der Waals surface area contributed by atoms with Gasteiger partial charge in [-0.15, -0.1) is 0 Å². The molecule has 0 unspecified atom stereocenters. The van der Waals surface area contributed by atoms with Gasteiger partial charge in [-0.2, -0.15) is 0 Å². The molecule has 0 aliphatic heterocycles. The van der Waals surface area contributed by atoms with Gasteiger partial charge in [-0.3, -0.25) is 0 Å². The number of hydrogen-bond donors (Lipinski definition) is 2. The first-order valence-corrected chi connectivity index (χ1v) is 4.77. The second-order valence-electron chi connectivity index (χ2n) is 3.04. The van der Waals surface area contributed by atoms with E-state index in [1.807, 2.05) is 6.08 Å². The van der Waals surface area contributed by atoms with Crippen molar-refractivity contribution in [3.05, 3.63) is 11.5 Å². The maximum atomic E-state index is 8.95. The molecule has 2 nitrogen and oxygen atoms in total. The summed E-state index contributed by atoms with van der Waals surface area (Å²) in [6, 6.07) is 0. The molecule has 0 aliphatic rings. The van der Waals surface area contributed by atoms with E-state index < -0.39 is 7.12 Å². The lowest BCUT2D eigenvalue weighted by Crippen LogP contribution is -2.15. The largest absolute Gasteiger partial charge is 0.483 e. The summed E-state index contributed by atoms with van der Waals surface area (Å²) in [4.78, 5) is 0. The van der Waals surface area contributed by atoms with Crippen molar-refractivity contribution in [2.24, 2.45) is 0 Å². The van der Waals surface area contributed by atoms with Gasteiger partial charge in [0.05, 0.1) is 0 Å². The molecule has 0 saturated heterocycles. The Balaban J connectivity index is 3.85. The van der Waals surface area contributed by atoms with Crippen LogP contribution in [-0.2, 0) is 0 Å². The number of allylic oxidation sites excluding steroid dienone is 2. The fraction of sp³-hybridized carbons (Fsp3) is 0.778. The molecule has 0 bridgehead atoms. The van der Waals surface area contributed by atoms with Crippen LogP contribution in [0, 0.1) is 0 Å². The molecule has 0 radical (unpaired) electrons. The summed E-state index contributed by atoms with van der Waals surface area (Å²) in [5.74, 6) is 0. The summed E-state index contributed by atoms with van der Waals surface area (Å²) in [6.07, 6.45) is 6.89. The Hall–Kier alpha value is -0.275. The van der Waals surface area contributed by atoms with E-state index in [0.29, 0.717) is 0 Å². The fourth-order valence-electron chi connectivity index (χ4n) is 1.05. The zero-order chi connectivity index (χ0) is 9.40. The Morgan fingerprint density at radius 3 is 2.33 bits per heavy atom. The van der Waals surface area contributed by atoms with Crippen LogP contribution in [0.1, 0.15) is 46.0 Å². The van der Waals surface area contributed by atoms with Gasteiger partial charge in [0.15, 0.2) is 0 Å². The lowest BCUT2D eigenvalue weighted by atomic mass is 9.76. The van der Waals surface area contributed by atoms with Crippen LogP contribution in [-0.4, -0.2) is 17.2 Å². The van der Waals surface area contributed by atoms with Crippen LogP contribution in [0.25, 0.3) is 0 Å². The highest BCUT2D eigenvalue weighted by atomic mass is 16.4. The van der Waals surface area contributed by atoms with Crippen LogP contribution in [0.3, 0.4) is 0 Å². The summed E-state index contributed by atoms with van der Waals surface area (Å²) >= 11 is 0. The minimum atomic E-state index is -1.25. The van der Waals surface area contributed by atoms with Crippen molar-refractivity contribution in [3.8, 4) is 0 Å². The van der Waals surface area contributed by atoms with Crippen molar-refractivity contribution in [2.75, 3.05) is 0 Å². The smallest absolute Gasteiger partial charge is 0.423 e. The molecule has 0 aliphatic carbocycles. The molecule has 0 saturated carbocycles. The van der Waals surface area contributed by atoms with Gasteiger partial charge < -0.3 is 10.0 Å². The van der Waals surface area contributed by atoms with Crippen LogP contribution < -0.4 is 0 Å². The van der Waals surface area contributed by atoms with E-state index in [9.17, 15) is 0 Å². The van der Waals surface area contributed by atoms with Gasteiger partial charge >= 0.3 is 7.12 Å². The number of rotatable bonds is 6. The summed E-state index contributed by atoms with van der Waals surface area (Å²) in [7, 11) is -1.25. The average molecular weight is 170 g/mol. The first kappa shape index (κ1) is 11.7. The van der Waals surface area contributed by atoms with Crippen LogP contribution in [0.4, 0.5) is 0 Å². The fourth-order valence-corrected chi connectivity index (χ4v) is 1.05. The van der Waals surface area contributed by atoms with E-state index in [4.69, 9.17) is 10.0 Å². The van der Waals surface area contributed by atoms with Gasteiger partial charge in [-0.1, -0.05) is 39.2 Å². The molecule has 0 amide bonds. The third kappa shape index (κ3) is 5.39. The topological polar surface area (TPSA) is 40.5 Å². The van der Waals surface area contributed by atoms with Crippen molar-refractivity contribution in [2.45, 2.75) is 46.0 Å². The van der Waals surface area contributed by atoms with Gasteiger partial charge in [0.2, 0.25) is 0 Å². The average Bonchev–Trinajstić information content (AvgIpc) is 2.04. The Bertz CT molecular complexity index is 132. The zero-order valence-electron chi connectivity index (χ0n) is 8.08. The second-order valence-corrected chi connectivity index (χ2v) is 3.04. The minimum Gasteiger partial charge on any atom is -0.423 e. The summed E-state index contributed by atoms with van der Waals surface area (Å²) in [5, 5.41) is 17.9. The standard InChI is InChI=1S/C9H19BO2/c1-3-5-7-9(10(11)12)8-6-4-2/h7,11-12H,3-6,8H2,1-2H3/b9-7+. The molecule has 0 spiro atoms. The molecule has 0 heterocycles.